The lowest BCUT2D eigenvalue weighted by Crippen LogP contribution is -1.81. The molecular formula is C10H13BrS. The van der Waals surface area contributed by atoms with Crippen molar-refractivity contribution in [3.05, 3.63) is 34.3 Å². The molecule has 0 atom stereocenters. The van der Waals surface area contributed by atoms with Crippen LogP contribution in [0.25, 0.3) is 0 Å². The van der Waals surface area contributed by atoms with Gasteiger partial charge in [-0.05, 0) is 29.9 Å². The summed E-state index contributed by atoms with van der Waals surface area (Å²) in [5.41, 5.74) is 1.41. The van der Waals surface area contributed by atoms with Crippen molar-refractivity contribution in [2.45, 2.75) is 19.1 Å². The molecule has 1 aromatic rings. The van der Waals surface area contributed by atoms with Gasteiger partial charge in [0.2, 0.25) is 0 Å². The molecule has 0 bridgehead atoms. The third kappa shape index (κ3) is 3.63. The van der Waals surface area contributed by atoms with Gasteiger partial charge in [-0.1, -0.05) is 35.0 Å². The van der Waals surface area contributed by atoms with Crippen molar-refractivity contribution in [2.75, 3.05) is 5.75 Å². The van der Waals surface area contributed by atoms with Crippen LogP contribution in [0.3, 0.4) is 0 Å². The first-order chi connectivity index (χ1) is 5.83. The van der Waals surface area contributed by atoms with Crippen molar-refractivity contribution in [2.24, 2.45) is 0 Å². The SMILES string of the molecule is CCCSCc1cccc(Br)c1. The molecule has 0 radical (unpaired) electrons. The summed E-state index contributed by atoms with van der Waals surface area (Å²) in [4.78, 5) is 0. The summed E-state index contributed by atoms with van der Waals surface area (Å²) in [6.07, 6.45) is 1.26. The van der Waals surface area contributed by atoms with Crippen LogP contribution < -0.4 is 0 Å². The Kier molecular flexibility index (Phi) is 4.77. The number of thioether (sulfide) groups is 1. The van der Waals surface area contributed by atoms with E-state index in [1.807, 2.05) is 11.8 Å². The van der Waals surface area contributed by atoms with Crippen LogP contribution in [0.4, 0.5) is 0 Å². The Morgan fingerprint density at radius 2 is 2.25 bits per heavy atom. The lowest BCUT2D eigenvalue weighted by atomic mass is 10.2. The molecule has 66 valence electrons. The van der Waals surface area contributed by atoms with Crippen LogP contribution in [-0.2, 0) is 5.75 Å². The molecule has 0 unspecified atom stereocenters. The van der Waals surface area contributed by atoms with Gasteiger partial charge in [0.25, 0.3) is 0 Å². The number of hydrogen-bond donors (Lipinski definition) is 0. The van der Waals surface area contributed by atoms with E-state index in [1.54, 1.807) is 0 Å². The molecule has 0 heterocycles. The second kappa shape index (κ2) is 5.65. The molecule has 0 saturated heterocycles. The average Bonchev–Trinajstić information content (AvgIpc) is 2.05. The number of halogens is 1. The van der Waals surface area contributed by atoms with Crippen molar-refractivity contribution in [1.29, 1.82) is 0 Å². The first-order valence-electron chi connectivity index (χ1n) is 4.15. The van der Waals surface area contributed by atoms with Crippen molar-refractivity contribution < 1.29 is 0 Å². The van der Waals surface area contributed by atoms with E-state index < -0.39 is 0 Å². The van der Waals surface area contributed by atoms with Gasteiger partial charge in [-0.25, -0.2) is 0 Å². The number of rotatable bonds is 4. The normalized spacial score (nSPS) is 10.2. The third-order valence-corrected chi connectivity index (χ3v) is 3.23. The largest absolute Gasteiger partial charge is 0.157 e. The molecule has 0 aliphatic carbocycles. The summed E-state index contributed by atoms with van der Waals surface area (Å²) >= 11 is 5.46. The Hall–Kier alpha value is 0.0500. The predicted molar refractivity (Wildman–Crippen MR) is 60.6 cm³/mol. The quantitative estimate of drug-likeness (QED) is 0.720. The molecule has 0 N–H and O–H groups in total. The van der Waals surface area contributed by atoms with Gasteiger partial charge in [0.15, 0.2) is 0 Å². The Labute approximate surface area is 86.9 Å². The molecule has 12 heavy (non-hydrogen) atoms. The summed E-state index contributed by atoms with van der Waals surface area (Å²) in [7, 11) is 0. The van der Waals surface area contributed by atoms with Crippen molar-refractivity contribution in [3.8, 4) is 0 Å². The van der Waals surface area contributed by atoms with Crippen molar-refractivity contribution in [3.63, 3.8) is 0 Å². The van der Waals surface area contributed by atoms with E-state index in [-0.39, 0.29) is 0 Å². The fraction of sp³-hybridized carbons (Fsp3) is 0.400. The Balaban J connectivity index is 2.41. The molecule has 0 saturated carbocycles. The Morgan fingerprint density at radius 1 is 1.42 bits per heavy atom. The van der Waals surface area contributed by atoms with Crippen LogP contribution in [0.5, 0.6) is 0 Å². The Morgan fingerprint density at radius 3 is 2.92 bits per heavy atom. The summed E-state index contributed by atoms with van der Waals surface area (Å²) in [5, 5.41) is 0. The van der Waals surface area contributed by atoms with Crippen LogP contribution in [0.1, 0.15) is 18.9 Å². The topological polar surface area (TPSA) is 0 Å². The summed E-state index contributed by atoms with van der Waals surface area (Å²) in [5.74, 6) is 2.39. The molecule has 1 rings (SSSR count). The maximum absolute atomic E-state index is 3.46. The van der Waals surface area contributed by atoms with E-state index in [2.05, 4.69) is 47.1 Å². The van der Waals surface area contributed by atoms with E-state index in [4.69, 9.17) is 0 Å². The van der Waals surface area contributed by atoms with Gasteiger partial charge in [0, 0.05) is 10.2 Å². The van der Waals surface area contributed by atoms with Crippen molar-refractivity contribution in [1.82, 2.24) is 0 Å². The van der Waals surface area contributed by atoms with E-state index >= 15 is 0 Å². The molecule has 0 aromatic heterocycles. The molecule has 2 heteroatoms. The number of hydrogen-bond acceptors (Lipinski definition) is 1. The van der Waals surface area contributed by atoms with Gasteiger partial charge in [0.05, 0.1) is 0 Å². The molecule has 0 aliphatic heterocycles. The molecule has 1 aromatic carbocycles. The van der Waals surface area contributed by atoms with Gasteiger partial charge < -0.3 is 0 Å². The maximum Gasteiger partial charge on any atom is 0.0184 e. The van der Waals surface area contributed by atoms with Crippen LogP contribution >= 0.6 is 27.7 Å². The zero-order chi connectivity index (χ0) is 8.81. The fourth-order valence-corrected chi connectivity index (χ4v) is 2.26. The van der Waals surface area contributed by atoms with E-state index in [0.29, 0.717) is 0 Å². The standard InChI is InChI=1S/C10H13BrS/c1-2-6-12-8-9-4-3-5-10(11)7-9/h3-5,7H,2,6,8H2,1H3. The number of benzene rings is 1. The van der Waals surface area contributed by atoms with Gasteiger partial charge in [-0.2, -0.15) is 11.8 Å². The smallest absolute Gasteiger partial charge is 0.0184 e. The van der Waals surface area contributed by atoms with E-state index in [9.17, 15) is 0 Å². The highest BCUT2D eigenvalue weighted by molar-refractivity contribution is 9.10. The zero-order valence-electron chi connectivity index (χ0n) is 7.22. The highest BCUT2D eigenvalue weighted by Gasteiger charge is 1.93. The lowest BCUT2D eigenvalue weighted by molar-refractivity contribution is 1.10. The summed E-state index contributed by atoms with van der Waals surface area (Å²) < 4.78 is 1.18. The van der Waals surface area contributed by atoms with Gasteiger partial charge in [-0.15, -0.1) is 0 Å². The van der Waals surface area contributed by atoms with Crippen LogP contribution in [0.15, 0.2) is 28.7 Å². The summed E-state index contributed by atoms with van der Waals surface area (Å²) in [6.45, 7) is 2.22. The monoisotopic (exact) mass is 244 g/mol. The molecule has 0 aliphatic rings. The lowest BCUT2D eigenvalue weighted by Gasteiger charge is -2.00. The van der Waals surface area contributed by atoms with Crippen molar-refractivity contribution >= 4 is 27.7 Å². The second-order valence-electron chi connectivity index (χ2n) is 2.68. The molecule has 0 amide bonds. The maximum atomic E-state index is 3.46. The minimum absolute atomic E-state index is 1.13. The predicted octanol–water partition coefficient (Wildman–Crippen LogP) is 4.09. The van der Waals surface area contributed by atoms with Crippen LogP contribution in [0, 0.1) is 0 Å². The summed E-state index contributed by atoms with van der Waals surface area (Å²) in [6, 6.07) is 8.51. The van der Waals surface area contributed by atoms with Gasteiger partial charge >= 0.3 is 0 Å². The minimum atomic E-state index is 1.13. The Bertz CT molecular complexity index is 235. The molecular weight excluding hydrogens is 232 g/mol. The molecule has 0 fully saturated rings. The third-order valence-electron chi connectivity index (χ3n) is 1.51. The highest BCUT2D eigenvalue weighted by Crippen LogP contribution is 2.17. The van der Waals surface area contributed by atoms with Crippen LogP contribution in [0.2, 0.25) is 0 Å². The fourth-order valence-electron chi connectivity index (χ4n) is 0.961. The minimum Gasteiger partial charge on any atom is -0.157 e. The zero-order valence-corrected chi connectivity index (χ0v) is 9.62. The molecule has 0 nitrogen and oxygen atoms in total. The van der Waals surface area contributed by atoms with Crippen LogP contribution in [-0.4, -0.2) is 5.75 Å². The first kappa shape index (κ1) is 10.1. The van der Waals surface area contributed by atoms with Gasteiger partial charge in [-0.3, -0.25) is 0 Å². The second-order valence-corrected chi connectivity index (χ2v) is 4.70. The first-order valence-corrected chi connectivity index (χ1v) is 6.10. The van der Waals surface area contributed by atoms with E-state index in [0.717, 1.165) is 5.75 Å². The highest BCUT2D eigenvalue weighted by atomic mass is 79.9. The van der Waals surface area contributed by atoms with Gasteiger partial charge in [0.1, 0.15) is 0 Å². The average molecular weight is 245 g/mol. The molecule has 0 spiro atoms. The van der Waals surface area contributed by atoms with E-state index in [1.165, 1.54) is 22.2 Å².